The van der Waals surface area contributed by atoms with E-state index >= 15 is 0 Å². The first-order chi connectivity index (χ1) is 4.25. The first kappa shape index (κ1) is 6.58. The van der Waals surface area contributed by atoms with Crippen LogP contribution >= 0.6 is 11.6 Å². The Labute approximate surface area is 56.9 Å². The molecule has 0 spiro atoms. The van der Waals surface area contributed by atoms with Crippen LogP contribution in [0.25, 0.3) is 0 Å². The zero-order chi connectivity index (χ0) is 6.85. The molecule has 0 amide bonds. The fourth-order valence-corrected chi connectivity index (χ4v) is 0.708. The van der Waals surface area contributed by atoms with Gasteiger partial charge in [-0.15, -0.1) is 0 Å². The molecule has 0 bridgehead atoms. The number of ether oxygens (including phenoxy) is 1. The summed E-state index contributed by atoms with van der Waals surface area (Å²) in [5.41, 5.74) is 0.460. The normalized spacial score (nSPS) is 18.7. The van der Waals surface area contributed by atoms with Crippen molar-refractivity contribution in [2.24, 2.45) is 0 Å². The van der Waals surface area contributed by atoms with Gasteiger partial charge in [-0.05, 0) is 0 Å². The van der Waals surface area contributed by atoms with Gasteiger partial charge in [0.15, 0.2) is 0 Å². The van der Waals surface area contributed by atoms with Gasteiger partial charge in [-0.1, -0.05) is 11.6 Å². The van der Waals surface area contributed by atoms with Crippen molar-refractivity contribution in [3.8, 4) is 0 Å². The summed E-state index contributed by atoms with van der Waals surface area (Å²) in [6.45, 7) is -0.0707. The number of cyclic esters (lactones) is 1. The molecule has 0 fully saturated rings. The average molecular weight is 149 g/mol. The van der Waals surface area contributed by atoms with E-state index in [1.807, 2.05) is 0 Å². The summed E-state index contributed by atoms with van der Waals surface area (Å²) in [6.07, 6.45) is 0. The van der Waals surface area contributed by atoms with Gasteiger partial charge in [-0.2, -0.15) is 0 Å². The van der Waals surface area contributed by atoms with Gasteiger partial charge in [0.1, 0.15) is 11.6 Å². The molecular weight excluding hydrogens is 144 g/mol. The van der Waals surface area contributed by atoms with Crippen LogP contribution in [-0.2, 0) is 9.53 Å². The van der Waals surface area contributed by atoms with Gasteiger partial charge >= 0.3 is 5.97 Å². The highest BCUT2D eigenvalue weighted by atomic mass is 35.5. The Balaban J connectivity index is 2.79. The average Bonchev–Trinajstić information content (AvgIpc) is 2.15. The second-order valence-corrected chi connectivity index (χ2v) is 2.03. The number of hydrogen-bond acceptors (Lipinski definition) is 3. The molecule has 3 nitrogen and oxygen atoms in total. The smallest absolute Gasteiger partial charge is 0.350 e. The summed E-state index contributed by atoms with van der Waals surface area (Å²) in [5, 5.41) is 8.51. The first-order valence-electron chi connectivity index (χ1n) is 2.41. The van der Waals surface area contributed by atoms with E-state index < -0.39 is 5.97 Å². The second kappa shape index (κ2) is 2.37. The van der Waals surface area contributed by atoms with Gasteiger partial charge in [0.05, 0.1) is 6.61 Å². The van der Waals surface area contributed by atoms with Crippen LogP contribution < -0.4 is 0 Å². The fraction of sp³-hybridized carbons (Fsp3) is 0.400. The summed E-state index contributed by atoms with van der Waals surface area (Å²) in [6, 6.07) is 0. The lowest BCUT2D eigenvalue weighted by atomic mass is 10.3. The van der Waals surface area contributed by atoms with Crippen molar-refractivity contribution in [1.82, 2.24) is 0 Å². The van der Waals surface area contributed by atoms with Crippen LogP contribution in [0.2, 0.25) is 0 Å². The Morgan fingerprint density at radius 2 is 2.44 bits per heavy atom. The van der Waals surface area contributed by atoms with Gasteiger partial charge in [0.25, 0.3) is 0 Å². The first-order valence-corrected chi connectivity index (χ1v) is 2.79. The molecule has 9 heavy (non-hydrogen) atoms. The highest BCUT2D eigenvalue weighted by molar-refractivity contribution is 6.42. The number of carbonyl (C=O) groups is 1. The number of rotatable bonds is 1. The molecule has 50 valence electrons. The lowest BCUT2D eigenvalue weighted by Crippen LogP contribution is -1.93. The molecule has 0 unspecified atom stereocenters. The summed E-state index contributed by atoms with van der Waals surface area (Å²) in [7, 11) is 0. The topological polar surface area (TPSA) is 46.5 Å². The number of carbonyl (C=O) groups excluding carboxylic acids is 1. The monoisotopic (exact) mass is 148 g/mol. The van der Waals surface area contributed by atoms with E-state index in [-0.39, 0.29) is 18.2 Å². The third kappa shape index (κ3) is 1.06. The number of hydrogen-bond donors (Lipinski definition) is 1. The number of esters is 1. The minimum Gasteiger partial charge on any atom is -0.457 e. The quantitative estimate of drug-likeness (QED) is 0.534. The molecule has 0 atom stereocenters. The Hall–Kier alpha value is -0.540. The number of aliphatic hydroxyl groups excluding tert-OH is 1. The Morgan fingerprint density at radius 1 is 1.78 bits per heavy atom. The molecule has 0 radical (unpaired) electrons. The lowest BCUT2D eigenvalue weighted by molar-refractivity contribution is -0.135. The zero-order valence-electron chi connectivity index (χ0n) is 4.56. The third-order valence-corrected chi connectivity index (χ3v) is 1.48. The largest absolute Gasteiger partial charge is 0.457 e. The van der Waals surface area contributed by atoms with Gasteiger partial charge in [-0.25, -0.2) is 4.79 Å². The Morgan fingerprint density at radius 3 is 2.67 bits per heavy atom. The highest BCUT2D eigenvalue weighted by Crippen LogP contribution is 2.17. The van der Waals surface area contributed by atoms with Crippen molar-refractivity contribution in [2.45, 2.75) is 0 Å². The molecule has 0 aromatic heterocycles. The molecule has 4 heteroatoms. The second-order valence-electron chi connectivity index (χ2n) is 1.65. The van der Waals surface area contributed by atoms with Gasteiger partial charge in [0, 0.05) is 5.57 Å². The van der Waals surface area contributed by atoms with Crippen molar-refractivity contribution in [1.29, 1.82) is 0 Å². The minimum atomic E-state index is -0.541. The van der Waals surface area contributed by atoms with E-state index in [2.05, 4.69) is 4.74 Å². The van der Waals surface area contributed by atoms with Crippen LogP contribution in [0.5, 0.6) is 0 Å². The zero-order valence-corrected chi connectivity index (χ0v) is 5.31. The third-order valence-electron chi connectivity index (χ3n) is 1.06. The summed E-state index contributed by atoms with van der Waals surface area (Å²) < 4.78 is 4.46. The summed E-state index contributed by atoms with van der Waals surface area (Å²) >= 11 is 5.37. The molecule has 1 rings (SSSR count). The maximum atomic E-state index is 10.4. The van der Waals surface area contributed by atoms with Gasteiger partial charge < -0.3 is 9.84 Å². The standard InChI is InChI=1S/C5H5ClO3/c6-4-3(1-7)2-9-5(4)8/h7H,1-2H2. The summed E-state index contributed by atoms with van der Waals surface area (Å²) in [5.74, 6) is -0.541. The maximum absolute atomic E-state index is 10.4. The van der Waals surface area contributed by atoms with Crippen LogP contribution in [0.1, 0.15) is 0 Å². The van der Waals surface area contributed by atoms with Crippen molar-refractivity contribution in [3.05, 3.63) is 10.6 Å². The summed E-state index contributed by atoms with van der Waals surface area (Å²) in [4.78, 5) is 10.4. The molecule has 1 heterocycles. The van der Waals surface area contributed by atoms with Crippen LogP contribution in [-0.4, -0.2) is 24.3 Å². The van der Waals surface area contributed by atoms with Crippen molar-refractivity contribution < 1.29 is 14.6 Å². The van der Waals surface area contributed by atoms with E-state index in [0.29, 0.717) is 5.57 Å². The molecule has 0 aromatic carbocycles. The lowest BCUT2D eigenvalue weighted by Gasteiger charge is -1.88. The predicted octanol–water partition coefficient (Wildman–Crippen LogP) is 0.0284. The predicted molar refractivity (Wildman–Crippen MR) is 30.9 cm³/mol. The minimum absolute atomic E-state index is 0.0255. The van der Waals surface area contributed by atoms with Gasteiger partial charge in [0.2, 0.25) is 0 Å². The van der Waals surface area contributed by atoms with Crippen LogP contribution in [0.4, 0.5) is 0 Å². The maximum Gasteiger partial charge on any atom is 0.350 e. The Bertz CT molecular complexity index is 173. The molecule has 0 saturated heterocycles. The molecule has 1 aliphatic rings. The Kier molecular flexibility index (Phi) is 1.73. The van der Waals surface area contributed by atoms with Crippen LogP contribution in [0.3, 0.4) is 0 Å². The SMILES string of the molecule is O=C1OCC(CO)=C1Cl. The molecule has 0 aromatic rings. The van der Waals surface area contributed by atoms with E-state index in [1.165, 1.54) is 0 Å². The molecule has 0 aliphatic carbocycles. The molecule has 0 saturated carbocycles. The van der Waals surface area contributed by atoms with Crippen molar-refractivity contribution >= 4 is 17.6 Å². The highest BCUT2D eigenvalue weighted by Gasteiger charge is 2.21. The molecule has 1 aliphatic heterocycles. The van der Waals surface area contributed by atoms with E-state index in [0.717, 1.165) is 0 Å². The van der Waals surface area contributed by atoms with Crippen molar-refractivity contribution in [3.63, 3.8) is 0 Å². The van der Waals surface area contributed by atoms with Gasteiger partial charge in [-0.3, -0.25) is 0 Å². The van der Waals surface area contributed by atoms with Crippen LogP contribution in [0.15, 0.2) is 10.6 Å². The van der Waals surface area contributed by atoms with E-state index in [4.69, 9.17) is 16.7 Å². The molecule has 1 N–H and O–H groups in total. The fourth-order valence-electron chi connectivity index (χ4n) is 0.539. The van der Waals surface area contributed by atoms with Crippen molar-refractivity contribution in [2.75, 3.05) is 13.2 Å². The molecular formula is C5H5ClO3. The number of aliphatic hydroxyl groups is 1. The van der Waals surface area contributed by atoms with E-state index in [1.54, 1.807) is 0 Å². The van der Waals surface area contributed by atoms with E-state index in [9.17, 15) is 4.79 Å². The number of halogens is 1. The van der Waals surface area contributed by atoms with Crippen LogP contribution in [0, 0.1) is 0 Å².